The third-order valence-corrected chi connectivity index (χ3v) is 2.57. The Morgan fingerprint density at radius 2 is 2.56 bits per heavy atom. The molecule has 0 saturated heterocycles. The number of anilines is 1. The molecular formula is C5H7N3S. The maximum absolute atomic E-state index is 5.53. The van der Waals surface area contributed by atoms with Gasteiger partial charge in [-0.2, -0.15) is 5.10 Å². The van der Waals surface area contributed by atoms with Crippen molar-refractivity contribution >= 4 is 17.6 Å². The van der Waals surface area contributed by atoms with E-state index in [9.17, 15) is 0 Å². The van der Waals surface area contributed by atoms with Crippen LogP contribution in [0.15, 0.2) is 4.90 Å². The van der Waals surface area contributed by atoms with Gasteiger partial charge in [0.2, 0.25) is 0 Å². The third-order valence-electron chi connectivity index (χ3n) is 1.42. The first-order valence-corrected chi connectivity index (χ1v) is 3.82. The second kappa shape index (κ2) is 1.67. The summed E-state index contributed by atoms with van der Waals surface area (Å²) in [5.41, 5.74) is 6.73. The Hall–Kier alpha value is -0.640. The van der Waals surface area contributed by atoms with Gasteiger partial charge in [0.15, 0.2) is 5.82 Å². The summed E-state index contributed by atoms with van der Waals surface area (Å²) in [7, 11) is 0. The molecule has 1 aliphatic rings. The zero-order valence-electron chi connectivity index (χ0n) is 4.85. The molecular weight excluding hydrogens is 134 g/mol. The van der Waals surface area contributed by atoms with E-state index in [0.29, 0.717) is 5.82 Å². The lowest BCUT2D eigenvalue weighted by molar-refractivity contribution is 0.984. The molecule has 0 bridgehead atoms. The van der Waals surface area contributed by atoms with E-state index in [4.69, 9.17) is 5.73 Å². The van der Waals surface area contributed by atoms with Crippen LogP contribution in [0.1, 0.15) is 5.69 Å². The molecule has 2 heterocycles. The number of nitrogen functional groups attached to an aromatic ring is 1. The van der Waals surface area contributed by atoms with Crippen LogP contribution in [-0.4, -0.2) is 16.0 Å². The van der Waals surface area contributed by atoms with Gasteiger partial charge in [0.1, 0.15) is 0 Å². The Balaban J connectivity index is 2.56. The number of aromatic nitrogens is 2. The highest BCUT2D eigenvalue weighted by atomic mass is 32.2. The summed E-state index contributed by atoms with van der Waals surface area (Å²) in [5.74, 6) is 1.81. The largest absolute Gasteiger partial charge is 0.381 e. The van der Waals surface area contributed by atoms with Gasteiger partial charge < -0.3 is 5.73 Å². The second-order valence-corrected chi connectivity index (χ2v) is 3.12. The third kappa shape index (κ3) is 0.627. The number of fused-ring (bicyclic) bond motifs is 1. The van der Waals surface area contributed by atoms with Crippen LogP contribution in [0.25, 0.3) is 0 Å². The SMILES string of the molecule is Nc1n[nH]c2c1SCC2. The predicted molar refractivity (Wildman–Crippen MR) is 37.4 cm³/mol. The molecule has 1 aromatic rings. The van der Waals surface area contributed by atoms with Gasteiger partial charge in [-0.25, -0.2) is 0 Å². The lowest BCUT2D eigenvalue weighted by atomic mass is 10.3. The Bertz CT molecular complexity index is 230. The van der Waals surface area contributed by atoms with Gasteiger partial charge in [-0.05, 0) is 6.42 Å². The van der Waals surface area contributed by atoms with Crippen molar-refractivity contribution in [2.24, 2.45) is 0 Å². The minimum atomic E-state index is 0.660. The molecule has 0 radical (unpaired) electrons. The van der Waals surface area contributed by atoms with Crippen LogP contribution in [0.4, 0.5) is 5.82 Å². The van der Waals surface area contributed by atoms with E-state index in [1.165, 1.54) is 5.69 Å². The maximum atomic E-state index is 5.53. The van der Waals surface area contributed by atoms with Crippen molar-refractivity contribution in [3.8, 4) is 0 Å². The van der Waals surface area contributed by atoms with Gasteiger partial charge in [0.05, 0.1) is 10.6 Å². The Labute approximate surface area is 57.0 Å². The fraction of sp³-hybridized carbons (Fsp3) is 0.400. The lowest BCUT2D eigenvalue weighted by Crippen LogP contribution is -1.85. The van der Waals surface area contributed by atoms with Crippen LogP contribution < -0.4 is 5.73 Å². The zero-order valence-corrected chi connectivity index (χ0v) is 5.66. The average molecular weight is 141 g/mol. The highest BCUT2D eigenvalue weighted by Crippen LogP contribution is 2.33. The molecule has 0 aliphatic carbocycles. The molecule has 0 spiro atoms. The minimum absolute atomic E-state index is 0.660. The molecule has 1 aliphatic heterocycles. The summed E-state index contributed by atoms with van der Waals surface area (Å²) in [6.07, 6.45) is 1.09. The van der Waals surface area contributed by atoms with Crippen LogP contribution in [-0.2, 0) is 6.42 Å². The van der Waals surface area contributed by atoms with Crippen LogP contribution in [0.5, 0.6) is 0 Å². The molecule has 0 amide bonds. The van der Waals surface area contributed by atoms with E-state index < -0.39 is 0 Å². The fourth-order valence-electron chi connectivity index (χ4n) is 0.969. The first-order chi connectivity index (χ1) is 4.38. The van der Waals surface area contributed by atoms with Gasteiger partial charge in [0.25, 0.3) is 0 Å². The quantitative estimate of drug-likeness (QED) is 0.557. The first kappa shape index (κ1) is 5.17. The standard InChI is InChI=1S/C5H7N3S/c6-5-4-3(7-8-5)1-2-9-4/h1-2H2,(H3,6,7,8). The smallest absolute Gasteiger partial charge is 0.159 e. The van der Waals surface area contributed by atoms with E-state index >= 15 is 0 Å². The van der Waals surface area contributed by atoms with Crippen molar-refractivity contribution in [2.45, 2.75) is 11.3 Å². The van der Waals surface area contributed by atoms with Crippen LogP contribution in [0.3, 0.4) is 0 Å². The molecule has 0 aromatic carbocycles. The lowest BCUT2D eigenvalue weighted by Gasteiger charge is -1.84. The molecule has 4 heteroatoms. The molecule has 3 nitrogen and oxygen atoms in total. The average Bonchev–Trinajstić information content (AvgIpc) is 2.35. The van der Waals surface area contributed by atoms with Crippen molar-refractivity contribution in [1.82, 2.24) is 10.2 Å². The zero-order chi connectivity index (χ0) is 6.27. The summed E-state index contributed by atoms with van der Waals surface area (Å²) < 4.78 is 0. The minimum Gasteiger partial charge on any atom is -0.381 e. The highest BCUT2D eigenvalue weighted by Gasteiger charge is 2.16. The first-order valence-electron chi connectivity index (χ1n) is 2.83. The second-order valence-electron chi connectivity index (χ2n) is 2.01. The van der Waals surface area contributed by atoms with Crippen molar-refractivity contribution in [3.63, 3.8) is 0 Å². The maximum Gasteiger partial charge on any atom is 0.159 e. The van der Waals surface area contributed by atoms with Crippen molar-refractivity contribution in [1.29, 1.82) is 0 Å². The van der Waals surface area contributed by atoms with Crippen LogP contribution in [0, 0.1) is 0 Å². The van der Waals surface area contributed by atoms with E-state index in [0.717, 1.165) is 17.1 Å². The van der Waals surface area contributed by atoms with Crippen LogP contribution in [0.2, 0.25) is 0 Å². The molecule has 0 saturated carbocycles. The Kier molecular flexibility index (Phi) is 0.958. The Morgan fingerprint density at radius 3 is 3.33 bits per heavy atom. The number of hydrogen-bond acceptors (Lipinski definition) is 3. The topological polar surface area (TPSA) is 54.7 Å². The number of hydrogen-bond donors (Lipinski definition) is 2. The normalized spacial score (nSPS) is 16.0. The van der Waals surface area contributed by atoms with Crippen LogP contribution >= 0.6 is 11.8 Å². The number of nitrogens with one attached hydrogen (secondary N) is 1. The molecule has 0 atom stereocenters. The summed E-state index contributed by atoms with van der Waals surface area (Å²) in [6, 6.07) is 0. The summed E-state index contributed by atoms with van der Waals surface area (Å²) >= 11 is 1.78. The summed E-state index contributed by atoms with van der Waals surface area (Å²) in [5, 5.41) is 6.76. The predicted octanol–water partition coefficient (Wildman–Crippen LogP) is 0.640. The summed E-state index contributed by atoms with van der Waals surface area (Å²) in [6.45, 7) is 0. The molecule has 48 valence electrons. The number of rotatable bonds is 0. The van der Waals surface area contributed by atoms with E-state index in [1.54, 1.807) is 11.8 Å². The number of H-pyrrole nitrogens is 1. The number of thioether (sulfide) groups is 1. The number of aromatic amines is 1. The highest BCUT2D eigenvalue weighted by molar-refractivity contribution is 7.99. The fourth-order valence-corrected chi connectivity index (χ4v) is 2.00. The van der Waals surface area contributed by atoms with Gasteiger partial charge >= 0.3 is 0 Å². The van der Waals surface area contributed by atoms with Gasteiger partial charge in [-0.1, -0.05) is 0 Å². The van der Waals surface area contributed by atoms with E-state index in [1.807, 2.05) is 0 Å². The van der Waals surface area contributed by atoms with Gasteiger partial charge in [-0.3, -0.25) is 5.10 Å². The van der Waals surface area contributed by atoms with E-state index in [-0.39, 0.29) is 0 Å². The molecule has 1 aromatic heterocycles. The van der Waals surface area contributed by atoms with Crippen molar-refractivity contribution in [3.05, 3.63) is 5.69 Å². The van der Waals surface area contributed by atoms with Crippen molar-refractivity contribution < 1.29 is 0 Å². The molecule has 9 heavy (non-hydrogen) atoms. The number of aryl methyl sites for hydroxylation is 1. The Morgan fingerprint density at radius 1 is 1.67 bits per heavy atom. The number of nitrogens with zero attached hydrogens (tertiary/aromatic N) is 1. The van der Waals surface area contributed by atoms with Crippen molar-refractivity contribution in [2.75, 3.05) is 11.5 Å². The van der Waals surface area contributed by atoms with E-state index in [2.05, 4.69) is 10.2 Å². The summed E-state index contributed by atoms with van der Waals surface area (Å²) in [4.78, 5) is 1.16. The molecule has 0 fully saturated rings. The number of nitrogens with two attached hydrogens (primary N) is 1. The van der Waals surface area contributed by atoms with Gasteiger partial charge in [-0.15, -0.1) is 11.8 Å². The molecule has 2 rings (SSSR count). The molecule has 3 N–H and O–H groups in total. The molecule has 0 unspecified atom stereocenters. The van der Waals surface area contributed by atoms with Gasteiger partial charge in [0, 0.05) is 5.75 Å². The monoisotopic (exact) mass is 141 g/mol.